The third-order valence-electron chi connectivity index (χ3n) is 3.27. The summed E-state index contributed by atoms with van der Waals surface area (Å²) in [6, 6.07) is 6.34. The number of amides is 1. The average molecular weight is 302 g/mol. The van der Waals surface area contributed by atoms with Gasteiger partial charge in [0.15, 0.2) is 0 Å². The highest BCUT2D eigenvalue weighted by molar-refractivity contribution is 5.72. The molecular formula is C16H19FN4O. The summed E-state index contributed by atoms with van der Waals surface area (Å²) < 4.78 is 12.9. The van der Waals surface area contributed by atoms with Crippen LogP contribution in [0.1, 0.15) is 18.2 Å². The molecule has 1 heterocycles. The lowest BCUT2D eigenvalue weighted by molar-refractivity contribution is -0.127. The molecule has 0 atom stereocenters. The maximum Gasteiger partial charge on any atom is 0.219 e. The Labute approximate surface area is 129 Å². The average Bonchev–Trinajstić information content (AvgIpc) is 2.50. The first-order valence-corrected chi connectivity index (χ1v) is 7.05. The first-order chi connectivity index (χ1) is 10.5. The molecule has 1 aromatic heterocycles. The number of anilines is 1. The first kappa shape index (κ1) is 15.9. The largest absolute Gasteiger partial charge is 0.367 e. The van der Waals surface area contributed by atoms with Gasteiger partial charge in [-0.15, -0.1) is 0 Å². The number of hydrogen-bond donors (Lipinski definition) is 1. The van der Waals surface area contributed by atoms with E-state index in [1.165, 1.54) is 19.1 Å². The SMILES string of the molecule is CC(=O)N(C)CCNc1cncc(Cc2ccc(F)cc2)n1. The van der Waals surface area contributed by atoms with E-state index in [0.717, 1.165) is 11.3 Å². The third-order valence-corrected chi connectivity index (χ3v) is 3.27. The molecule has 0 saturated carbocycles. The molecule has 0 aliphatic rings. The monoisotopic (exact) mass is 302 g/mol. The standard InChI is InChI=1S/C16H19FN4O/c1-12(22)21(2)8-7-19-16-11-18-10-15(20-16)9-13-3-5-14(17)6-4-13/h3-6,10-11H,7-9H2,1-2H3,(H,19,20). The Morgan fingerprint density at radius 1 is 1.27 bits per heavy atom. The van der Waals surface area contributed by atoms with E-state index in [4.69, 9.17) is 0 Å². The van der Waals surface area contributed by atoms with Crippen molar-refractivity contribution in [2.75, 3.05) is 25.5 Å². The van der Waals surface area contributed by atoms with Crippen LogP contribution in [0.2, 0.25) is 0 Å². The van der Waals surface area contributed by atoms with E-state index in [0.29, 0.717) is 25.3 Å². The van der Waals surface area contributed by atoms with Crippen LogP contribution in [0.15, 0.2) is 36.7 Å². The Morgan fingerprint density at radius 2 is 2.00 bits per heavy atom. The molecule has 22 heavy (non-hydrogen) atoms. The second-order valence-corrected chi connectivity index (χ2v) is 5.07. The Balaban J connectivity index is 1.92. The summed E-state index contributed by atoms with van der Waals surface area (Å²) in [6.07, 6.45) is 3.92. The molecule has 2 rings (SSSR count). The fourth-order valence-corrected chi connectivity index (χ4v) is 1.90. The Kier molecular flexibility index (Phi) is 5.41. The van der Waals surface area contributed by atoms with Crippen LogP contribution >= 0.6 is 0 Å². The minimum absolute atomic E-state index is 0.0259. The molecule has 1 amide bonds. The number of nitrogens with zero attached hydrogens (tertiary/aromatic N) is 3. The number of benzene rings is 1. The molecular weight excluding hydrogens is 283 g/mol. The second kappa shape index (κ2) is 7.49. The van der Waals surface area contributed by atoms with Crippen molar-refractivity contribution in [1.29, 1.82) is 0 Å². The van der Waals surface area contributed by atoms with Crippen molar-refractivity contribution in [2.24, 2.45) is 0 Å². The predicted octanol–water partition coefficient (Wildman–Crippen LogP) is 2.10. The molecule has 1 N–H and O–H groups in total. The van der Waals surface area contributed by atoms with Crippen molar-refractivity contribution in [1.82, 2.24) is 14.9 Å². The van der Waals surface area contributed by atoms with E-state index in [2.05, 4.69) is 15.3 Å². The Bertz CT molecular complexity index is 630. The molecule has 5 nitrogen and oxygen atoms in total. The van der Waals surface area contributed by atoms with Gasteiger partial charge in [-0.25, -0.2) is 9.37 Å². The van der Waals surface area contributed by atoms with Crippen LogP contribution in [-0.2, 0) is 11.2 Å². The highest BCUT2D eigenvalue weighted by atomic mass is 19.1. The fourth-order valence-electron chi connectivity index (χ4n) is 1.90. The van der Waals surface area contributed by atoms with Crippen molar-refractivity contribution in [3.63, 3.8) is 0 Å². The summed E-state index contributed by atoms with van der Waals surface area (Å²) in [4.78, 5) is 21.4. The number of rotatable bonds is 6. The van der Waals surface area contributed by atoms with Gasteiger partial charge in [0, 0.05) is 39.7 Å². The number of likely N-dealkylation sites (N-methyl/N-ethyl adjacent to an activating group) is 1. The smallest absolute Gasteiger partial charge is 0.219 e. The van der Waals surface area contributed by atoms with Crippen LogP contribution in [-0.4, -0.2) is 40.9 Å². The molecule has 0 unspecified atom stereocenters. The van der Waals surface area contributed by atoms with E-state index in [-0.39, 0.29) is 11.7 Å². The van der Waals surface area contributed by atoms with Crippen molar-refractivity contribution < 1.29 is 9.18 Å². The summed E-state index contributed by atoms with van der Waals surface area (Å²) >= 11 is 0. The predicted molar refractivity (Wildman–Crippen MR) is 83.0 cm³/mol. The van der Waals surface area contributed by atoms with Crippen molar-refractivity contribution >= 4 is 11.7 Å². The zero-order valence-corrected chi connectivity index (χ0v) is 12.7. The van der Waals surface area contributed by atoms with E-state index in [1.54, 1.807) is 36.5 Å². The minimum Gasteiger partial charge on any atom is -0.367 e. The van der Waals surface area contributed by atoms with Gasteiger partial charge in [-0.3, -0.25) is 9.78 Å². The molecule has 0 spiro atoms. The van der Waals surface area contributed by atoms with Gasteiger partial charge in [-0.1, -0.05) is 12.1 Å². The van der Waals surface area contributed by atoms with Gasteiger partial charge in [0.1, 0.15) is 11.6 Å². The molecule has 0 aliphatic carbocycles. The highest BCUT2D eigenvalue weighted by Gasteiger charge is 2.03. The minimum atomic E-state index is -0.250. The number of carbonyl (C=O) groups is 1. The molecule has 2 aromatic rings. The summed E-state index contributed by atoms with van der Waals surface area (Å²) in [5, 5.41) is 3.14. The molecule has 0 radical (unpaired) electrons. The summed E-state index contributed by atoms with van der Waals surface area (Å²) in [6.45, 7) is 2.73. The highest BCUT2D eigenvalue weighted by Crippen LogP contribution is 2.10. The Morgan fingerprint density at radius 3 is 2.68 bits per heavy atom. The molecule has 0 bridgehead atoms. The van der Waals surface area contributed by atoms with Crippen LogP contribution < -0.4 is 5.32 Å². The van der Waals surface area contributed by atoms with Gasteiger partial charge in [0.2, 0.25) is 5.91 Å². The number of nitrogens with one attached hydrogen (secondary N) is 1. The van der Waals surface area contributed by atoms with Crippen LogP contribution in [0.4, 0.5) is 10.2 Å². The zero-order chi connectivity index (χ0) is 15.9. The van der Waals surface area contributed by atoms with Crippen LogP contribution in [0.25, 0.3) is 0 Å². The topological polar surface area (TPSA) is 58.1 Å². The van der Waals surface area contributed by atoms with Crippen molar-refractivity contribution in [3.8, 4) is 0 Å². The molecule has 0 fully saturated rings. The lowest BCUT2D eigenvalue weighted by Gasteiger charge is -2.15. The first-order valence-electron chi connectivity index (χ1n) is 7.05. The van der Waals surface area contributed by atoms with Gasteiger partial charge < -0.3 is 10.2 Å². The van der Waals surface area contributed by atoms with Crippen molar-refractivity contribution in [3.05, 3.63) is 53.7 Å². The van der Waals surface area contributed by atoms with E-state index in [1.807, 2.05) is 0 Å². The number of halogens is 1. The van der Waals surface area contributed by atoms with E-state index < -0.39 is 0 Å². The lowest BCUT2D eigenvalue weighted by Crippen LogP contribution is -2.29. The van der Waals surface area contributed by atoms with Gasteiger partial charge in [-0.05, 0) is 17.7 Å². The van der Waals surface area contributed by atoms with E-state index >= 15 is 0 Å². The fraction of sp³-hybridized carbons (Fsp3) is 0.312. The maximum absolute atomic E-state index is 12.9. The molecule has 0 aliphatic heterocycles. The normalized spacial score (nSPS) is 10.3. The molecule has 116 valence electrons. The van der Waals surface area contributed by atoms with Crippen molar-refractivity contribution in [2.45, 2.75) is 13.3 Å². The Hall–Kier alpha value is -2.50. The van der Waals surface area contributed by atoms with Crippen LogP contribution in [0.5, 0.6) is 0 Å². The number of aromatic nitrogens is 2. The van der Waals surface area contributed by atoms with Crippen LogP contribution in [0, 0.1) is 5.82 Å². The molecule has 0 saturated heterocycles. The maximum atomic E-state index is 12.9. The quantitative estimate of drug-likeness (QED) is 0.888. The zero-order valence-electron chi connectivity index (χ0n) is 12.7. The number of hydrogen-bond acceptors (Lipinski definition) is 4. The van der Waals surface area contributed by atoms with Crippen LogP contribution in [0.3, 0.4) is 0 Å². The summed E-state index contributed by atoms with van der Waals surface area (Å²) in [5.41, 5.74) is 1.78. The van der Waals surface area contributed by atoms with Gasteiger partial charge in [-0.2, -0.15) is 0 Å². The summed E-state index contributed by atoms with van der Waals surface area (Å²) in [7, 11) is 1.75. The van der Waals surface area contributed by atoms with Gasteiger partial charge in [0.25, 0.3) is 0 Å². The molecule has 6 heteroatoms. The number of carbonyl (C=O) groups excluding carboxylic acids is 1. The lowest BCUT2D eigenvalue weighted by atomic mass is 10.1. The van der Waals surface area contributed by atoms with E-state index in [9.17, 15) is 9.18 Å². The second-order valence-electron chi connectivity index (χ2n) is 5.07. The van der Waals surface area contributed by atoms with Gasteiger partial charge in [0.05, 0.1) is 11.9 Å². The third kappa shape index (κ3) is 4.80. The molecule has 1 aromatic carbocycles. The van der Waals surface area contributed by atoms with Gasteiger partial charge >= 0.3 is 0 Å². The summed E-state index contributed by atoms with van der Waals surface area (Å²) in [5.74, 6) is 0.439.